The van der Waals surface area contributed by atoms with Gasteiger partial charge in [0.15, 0.2) is 0 Å². The Labute approximate surface area is 135 Å². The number of ether oxygens (including phenoxy) is 1. The predicted molar refractivity (Wildman–Crippen MR) is 82.0 cm³/mol. The predicted octanol–water partition coefficient (Wildman–Crippen LogP) is 1.18. The molecular weight excluding hydrogens is 318 g/mol. The van der Waals surface area contributed by atoms with Crippen LogP contribution in [0.2, 0.25) is 0 Å². The fourth-order valence-corrected chi connectivity index (χ4v) is 1.65. The molecule has 0 unspecified atom stereocenters. The van der Waals surface area contributed by atoms with Crippen LogP contribution in [0.4, 0.5) is 17.3 Å². The minimum absolute atomic E-state index is 0.0954. The number of methoxy groups -OCH3 is 1. The van der Waals surface area contributed by atoms with Gasteiger partial charge in [-0.1, -0.05) is 0 Å². The van der Waals surface area contributed by atoms with Crippen LogP contribution in [-0.2, 0) is 4.79 Å². The van der Waals surface area contributed by atoms with Crippen LogP contribution in [0, 0.1) is 21.4 Å². The quantitative estimate of drug-likeness (QED) is 0.308. The first-order valence-electron chi connectivity index (χ1n) is 6.41. The van der Waals surface area contributed by atoms with Crippen molar-refractivity contribution in [2.75, 3.05) is 17.7 Å². The van der Waals surface area contributed by atoms with Gasteiger partial charge in [-0.25, -0.2) is 5.10 Å². The van der Waals surface area contributed by atoms with E-state index in [9.17, 15) is 14.9 Å². The molecule has 11 heteroatoms. The van der Waals surface area contributed by atoms with Crippen LogP contribution in [0.15, 0.2) is 36.3 Å². The van der Waals surface area contributed by atoms with Gasteiger partial charge in [0.05, 0.1) is 23.8 Å². The lowest BCUT2D eigenvalue weighted by atomic mass is 10.2. The Hall–Kier alpha value is -3.94. The molecule has 24 heavy (non-hydrogen) atoms. The third-order valence-corrected chi connectivity index (χ3v) is 2.78. The number of anilines is 2. The Bertz CT molecular complexity index is 823. The minimum Gasteiger partial charge on any atom is -0.494 e. The second kappa shape index (κ2) is 7.36. The molecule has 0 saturated carbocycles. The molecule has 0 atom stereocenters. The van der Waals surface area contributed by atoms with Crippen molar-refractivity contribution < 1.29 is 14.5 Å². The van der Waals surface area contributed by atoms with Gasteiger partial charge in [-0.15, -0.1) is 0 Å². The summed E-state index contributed by atoms with van der Waals surface area (Å²) in [5.41, 5.74) is -0.242. The number of H-pyrrole nitrogens is 1. The molecule has 1 aromatic heterocycles. The maximum atomic E-state index is 12.1. The molecular formula is C13H11N7O4. The number of amides is 1. The van der Waals surface area contributed by atoms with E-state index in [2.05, 4.69) is 25.8 Å². The molecule has 11 nitrogen and oxygen atoms in total. The van der Waals surface area contributed by atoms with Crippen molar-refractivity contribution in [1.82, 2.24) is 15.2 Å². The highest BCUT2D eigenvalue weighted by atomic mass is 16.6. The van der Waals surface area contributed by atoms with E-state index in [0.29, 0.717) is 0 Å². The Morgan fingerprint density at radius 2 is 2.33 bits per heavy atom. The summed E-state index contributed by atoms with van der Waals surface area (Å²) in [7, 11) is 1.31. The van der Waals surface area contributed by atoms with Gasteiger partial charge in [0.25, 0.3) is 11.6 Å². The number of carbonyl (C=O) groups excluding carboxylic acids is 1. The van der Waals surface area contributed by atoms with E-state index < -0.39 is 10.8 Å². The number of benzene rings is 1. The molecule has 1 amide bonds. The Kier molecular flexibility index (Phi) is 5.04. The van der Waals surface area contributed by atoms with Gasteiger partial charge in [0.1, 0.15) is 23.7 Å². The highest BCUT2D eigenvalue weighted by molar-refractivity contribution is 6.07. The molecule has 122 valence electrons. The third kappa shape index (κ3) is 3.83. The van der Waals surface area contributed by atoms with Crippen LogP contribution in [0.25, 0.3) is 0 Å². The molecule has 1 aromatic carbocycles. The lowest BCUT2D eigenvalue weighted by molar-refractivity contribution is -0.384. The Balaban J connectivity index is 2.17. The maximum absolute atomic E-state index is 12.1. The number of non-ortho nitro benzene ring substituents is 1. The van der Waals surface area contributed by atoms with Gasteiger partial charge in [-0.2, -0.15) is 15.3 Å². The number of nitro groups is 1. The zero-order chi connectivity index (χ0) is 17.5. The summed E-state index contributed by atoms with van der Waals surface area (Å²) in [6.45, 7) is 0. The third-order valence-electron chi connectivity index (χ3n) is 2.78. The minimum atomic E-state index is -0.725. The lowest BCUT2D eigenvalue weighted by Crippen LogP contribution is -2.15. The molecule has 0 bridgehead atoms. The van der Waals surface area contributed by atoms with Crippen molar-refractivity contribution >= 4 is 23.2 Å². The van der Waals surface area contributed by atoms with E-state index in [4.69, 9.17) is 10.00 Å². The highest BCUT2D eigenvalue weighted by Gasteiger charge is 2.15. The van der Waals surface area contributed by atoms with E-state index >= 15 is 0 Å². The zero-order valence-electron chi connectivity index (χ0n) is 12.3. The monoisotopic (exact) mass is 329 g/mol. The van der Waals surface area contributed by atoms with E-state index in [-0.39, 0.29) is 28.6 Å². The van der Waals surface area contributed by atoms with E-state index in [1.807, 2.05) is 0 Å². The molecule has 0 spiro atoms. The Morgan fingerprint density at radius 1 is 1.54 bits per heavy atom. The summed E-state index contributed by atoms with van der Waals surface area (Å²) in [4.78, 5) is 26.0. The van der Waals surface area contributed by atoms with Gasteiger partial charge in [-0.05, 0) is 6.07 Å². The van der Waals surface area contributed by atoms with Crippen molar-refractivity contribution in [3.05, 3.63) is 46.4 Å². The fourth-order valence-electron chi connectivity index (χ4n) is 1.65. The van der Waals surface area contributed by atoms with Crippen LogP contribution in [-0.4, -0.2) is 33.1 Å². The first kappa shape index (κ1) is 16.4. The number of hydrogen-bond donors (Lipinski definition) is 3. The van der Waals surface area contributed by atoms with Gasteiger partial charge in [-0.3, -0.25) is 14.9 Å². The number of carbonyl (C=O) groups is 1. The summed E-state index contributed by atoms with van der Waals surface area (Å²) >= 11 is 0. The van der Waals surface area contributed by atoms with Crippen LogP contribution in [0.1, 0.15) is 0 Å². The molecule has 2 rings (SSSR count). The van der Waals surface area contributed by atoms with E-state index in [0.717, 1.165) is 12.3 Å². The van der Waals surface area contributed by atoms with E-state index in [1.165, 1.54) is 25.6 Å². The number of aromatic nitrogens is 3. The molecule has 3 N–H and O–H groups in total. The number of nitriles is 1. The number of rotatable bonds is 6. The van der Waals surface area contributed by atoms with Gasteiger partial charge < -0.3 is 15.4 Å². The average molecular weight is 329 g/mol. The molecule has 0 aliphatic heterocycles. The molecule has 0 saturated heterocycles. The number of hydrogen-bond acceptors (Lipinski definition) is 8. The normalized spacial score (nSPS) is 10.6. The summed E-state index contributed by atoms with van der Waals surface area (Å²) in [6.07, 6.45) is 2.40. The van der Waals surface area contributed by atoms with Crippen molar-refractivity contribution in [3.8, 4) is 11.8 Å². The number of aromatic amines is 1. The first-order valence-corrected chi connectivity index (χ1v) is 6.41. The largest absolute Gasteiger partial charge is 0.494 e. The second-order valence-electron chi connectivity index (χ2n) is 4.24. The summed E-state index contributed by atoms with van der Waals surface area (Å²) in [5, 5.41) is 30.9. The van der Waals surface area contributed by atoms with Crippen molar-refractivity contribution in [2.45, 2.75) is 0 Å². The van der Waals surface area contributed by atoms with Crippen molar-refractivity contribution in [3.63, 3.8) is 0 Å². The summed E-state index contributed by atoms with van der Waals surface area (Å²) < 4.78 is 5.01. The molecule has 1 heterocycles. The molecule has 0 aliphatic rings. The first-order chi connectivity index (χ1) is 11.5. The molecule has 0 radical (unpaired) electrons. The smallest absolute Gasteiger partial charge is 0.273 e. The van der Waals surface area contributed by atoms with Crippen LogP contribution in [0.3, 0.4) is 0 Å². The topological polar surface area (TPSA) is 159 Å². The van der Waals surface area contributed by atoms with Crippen molar-refractivity contribution in [1.29, 1.82) is 5.26 Å². The number of nitrogens with zero attached hydrogens (tertiary/aromatic N) is 4. The Morgan fingerprint density at radius 3 is 2.92 bits per heavy atom. The average Bonchev–Trinajstić information content (AvgIpc) is 3.09. The van der Waals surface area contributed by atoms with E-state index in [1.54, 1.807) is 6.07 Å². The summed E-state index contributed by atoms with van der Waals surface area (Å²) in [6, 6.07) is 5.41. The maximum Gasteiger partial charge on any atom is 0.273 e. The standard InChI is InChI=1S/C13H11N7O4/c1-24-11-4-9(20(22)23)2-3-10(11)18-12(21)8(5-14)6-15-13-16-7-17-19-13/h2-4,6-7H,1H3,(H,18,21)(H2,15,16,17,19)/b8-6-. The SMILES string of the molecule is COc1cc([N+](=O)[O-])ccc1NC(=O)/C(C#N)=C\Nc1ncn[nH]1. The fraction of sp³-hybridized carbons (Fsp3) is 0.0769. The number of nitrogens with one attached hydrogen (secondary N) is 3. The molecule has 2 aromatic rings. The highest BCUT2D eigenvalue weighted by Crippen LogP contribution is 2.29. The summed E-state index contributed by atoms with van der Waals surface area (Å²) in [5.74, 6) is -0.377. The van der Waals surface area contributed by atoms with Crippen molar-refractivity contribution in [2.24, 2.45) is 0 Å². The van der Waals surface area contributed by atoms with Crippen LogP contribution >= 0.6 is 0 Å². The molecule has 0 fully saturated rings. The van der Waals surface area contributed by atoms with Gasteiger partial charge in [0, 0.05) is 12.3 Å². The van der Waals surface area contributed by atoms with Crippen LogP contribution < -0.4 is 15.4 Å². The van der Waals surface area contributed by atoms with Crippen LogP contribution in [0.5, 0.6) is 5.75 Å². The zero-order valence-corrected chi connectivity index (χ0v) is 12.3. The van der Waals surface area contributed by atoms with Gasteiger partial charge in [0.2, 0.25) is 5.95 Å². The molecule has 0 aliphatic carbocycles. The second-order valence-corrected chi connectivity index (χ2v) is 4.24. The lowest BCUT2D eigenvalue weighted by Gasteiger charge is -2.09. The number of nitro benzene ring substituents is 1. The van der Waals surface area contributed by atoms with Gasteiger partial charge >= 0.3 is 0 Å².